The molecule has 19 heavy (non-hydrogen) atoms. The van der Waals surface area contributed by atoms with Crippen molar-refractivity contribution in [2.75, 3.05) is 26.2 Å². The lowest BCUT2D eigenvalue weighted by Gasteiger charge is -2.15. The molecule has 1 aromatic rings. The zero-order valence-corrected chi connectivity index (χ0v) is 11.6. The van der Waals surface area contributed by atoms with Crippen LogP contribution in [-0.4, -0.2) is 32.2 Å². The second-order valence-corrected chi connectivity index (χ2v) is 4.81. The number of nitrogens with zero attached hydrogens (tertiary/aromatic N) is 1. The standard InChI is InChI=1S/C15H23N3O/c1-13-5-7-14(8-6-13)19-12-3-2-9-16-15-17-10-4-11-18-15/h5-8H,2-4,9-12H2,1H3,(H2,16,17,18). The van der Waals surface area contributed by atoms with Gasteiger partial charge in [0.05, 0.1) is 6.61 Å². The third-order valence-corrected chi connectivity index (χ3v) is 3.05. The van der Waals surface area contributed by atoms with Gasteiger partial charge in [0, 0.05) is 19.6 Å². The molecule has 0 saturated heterocycles. The summed E-state index contributed by atoms with van der Waals surface area (Å²) in [7, 11) is 0. The topological polar surface area (TPSA) is 45.6 Å². The molecule has 0 bridgehead atoms. The molecule has 1 heterocycles. The van der Waals surface area contributed by atoms with E-state index in [0.29, 0.717) is 0 Å². The predicted molar refractivity (Wildman–Crippen MR) is 78.8 cm³/mol. The molecule has 0 unspecified atom stereocenters. The first kappa shape index (κ1) is 13.7. The fraction of sp³-hybridized carbons (Fsp3) is 0.533. The number of hydrogen-bond donors (Lipinski definition) is 2. The molecule has 0 spiro atoms. The van der Waals surface area contributed by atoms with E-state index in [1.807, 2.05) is 12.1 Å². The number of rotatable bonds is 6. The van der Waals surface area contributed by atoms with Crippen molar-refractivity contribution in [3.8, 4) is 5.75 Å². The van der Waals surface area contributed by atoms with Gasteiger partial charge in [-0.05, 0) is 38.3 Å². The summed E-state index contributed by atoms with van der Waals surface area (Å²) in [6.45, 7) is 5.76. The first-order valence-electron chi connectivity index (χ1n) is 7.06. The summed E-state index contributed by atoms with van der Waals surface area (Å²) in [6.07, 6.45) is 3.27. The molecule has 0 amide bonds. The molecular formula is C15H23N3O. The van der Waals surface area contributed by atoms with E-state index in [4.69, 9.17) is 4.74 Å². The second-order valence-electron chi connectivity index (χ2n) is 4.81. The zero-order valence-electron chi connectivity index (χ0n) is 11.6. The van der Waals surface area contributed by atoms with Gasteiger partial charge in [-0.3, -0.25) is 4.99 Å². The third kappa shape index (κ3) is 5.20. The van der Waals surface area contributed by atoms with Crippen LogP contribution < -0.4 is 15.4 Å². The number of unbranched alkanes of at least 4 members (excludes halogenated alkanes) is 1. The SMILES string of the molecule is Cc1ccc(OCCCCNC2=NCCCN2)cc1. The molecule has 1 aromatic carbocycles. The van der Waals surface area contributed by atoms with Gasteiger partial charge in [0.1, 0.15) is 5.75 Å². The number of ether oxygens (including phenoxy) is 1. The minimum absolute atomic E-state index is 0.768. The summed E-state index contributed by atoms with van der Waals surface area (Å²) in [4.78, 5) is 4.37. The van der Waals surface area contributed by atoms with Crippen molar-refractivity contribution in [3.63, 3.8) is 0 Å². The van der Waals surface area contributed by atoms with E-state index >= 15 is 0 Å². The van der Waals surface area contributed by atoms with Gasteiger partial charge in [-0.25, -0.2) is 0 Å². The Morgan fingerprint density at radius 1 is 1.26 bits per heavy atom. The lowest BCUT2D eigenvalue weighted by Crippen LogP contribution is -2.41. The number of aryl methyl sites for hydroxylation is 1. The lowest BCUT2D eigenvalue weighted by molar-refractivity contribution is 0.307. The Morgan fingerprint density at radius 3 is 2.84 bits per heavy atom. The normalized spacial score (nSPS) is 14.5. The molecule has 0 fully saturated rings. The van der Waals surface area contributed by atoms with E-state index in [9.17, 15) is 0 Å². The maximum atomic E-state index is 5.68. The fourth-order valence-corrected chi connectivity index (χ4v) is 1.91. The van der Waals surface area contributed by atoms with Crippen molar-refractivity contribution in [1.29, 1.82) is 0 Å². The minimum Gasteiger partial charge on any atom is -0.494 e. The van der Waals surface area contributed by atoms with Crippen LogP contribution >= 0.6 is 0 Å². The fourth-order valence-electron chi connectivity index (χ4n) is 1.91. The van der Waals surface area contributed by atoms with Gasteiger partial charge in [-0.2, -0.15) is 0 Å². The van der Waals surface area contributed by atoms with Crippen molar-refractivity contribution in [3.05, 3.63) is 29.8 Å². The van der Waals surface area contributed by atoms with Gasteiger partial charge in [0.2, 0.25) is 0 Å². The smallest absolute Gasteiger partial charge is 0.191 e. The molecule has 2 N–H and O–H groups in total. The van der Waals surface area contributed by atoms with Crippen LogP contribution in [0.2, 0.25) is 0 Å². The van der Waals surface area contributed by atoms with Crippen molar-refractivity contribution in [2.45, 2.75) is 26.2 Å². The highest BCUT2D eigenvalue weighted by atomic mass is 16.5. The molecule has 104 valence electrons. The summed E-state index contributed by atoms with van der Waals surface area (Å²) in [5.74, 6) is 1.91. The number of guanidine groups is 1. The van der Waals surface area contributed by atoms with Gasteiger partial charge in [0.15, 0.2) is 5.96 Å². The van der Waals surface area contributed by atoms with Crippen LogP contribution in [0.5, 0.6) is 5.75 Å². The van der Waals surface area contributed by atoms with Crippen molar-refractivity contribution in [1.82, 2.24) is 10.6 Å². The predicted octanol–water partition coefficient (Wildman–Crippen LogP) is 2.09. The van der Waals surface area contributed by atoms with Crippen LogP contribution in [0.4, 0.5) is 0 Å². The van der Waals surface area contributed by atoms with E-state index in [-0.39, 0.29) is 0 Å². The maximum Gasteiger partial charge on any atom is 0.191 e. The minimum atomic E-state index is 0.768. The highest BCUT2D eigenvalue weighted by molar-refractivity contribution is 5.80. The molecule has 0 radical (unpaired) electrons. The molecule has 4 heteroatoms. The first-order chi connectivity index (χ1) is 9.34. The molecule has 2 rings (SSSR count). The summed E-state index contributed by atoms with van der Waals surface area (Å²) in [5, 5.41) is 6.56. The molecule has 1 aliphatic rings. The summed E-state index contributed by atoms with van der Waals surface area (Å²) in [5.41, 5.74) is 1.26. The van der Waals surface area contributed by atoms with Crippen molar-refractivity contribution < 1.29 is 4.74 Å². The van der Waals surface area contributed by atoms with Crippen LogP contribution in [0.3, 0.4) is 0 Å². The monoisotopic (exact) mass is 261 g/mol. The highest BCUT2D eigenvalue weighted by Crippen LogP contribution is 2.11. The molecule has 0 aromatic heterocycles. The molecule has 0 atom stereocenters. The maximum absolute atomic E-state index is 5.68. The third-order valence-electron chi connectivity index (χ3n) is 3.05. The molecule has 1 aliphatic heterocycles. The summed E-state index contributed by atoms with van der Waals surface area (Å²) in [6, 6.07) is 8.19. The molecular weight excluding hydrogens is 238 g/mol. The van der Waals surface area contributed by atoms with Crippen LogP contribution in [-0.2, 0) is 0 Å². The average Bonchev–Trinajstić information content (AvgIpc) is 2.46. The highest BCUT2D eigenvalue weighted by Gasteiger charge is 2.01. The zero-order chi connectivity index (χ0) is 13.3. The largest absolute Gasteiger partial charge is 0.494 e. The van der Waals surface area contributed by atoms with Crippen LogP contribution in [0.25, 0.3) is 0 Å². The van der Waals surface area contributed by atoms with Gasteiger partial charge >= 0.3 is 0 Å². The summed E-state index contributed by atoms with van der Waals surface area (Å²) >= 11 is 0. The Kier molecular flexibility index (Phi) is 5.53. The molecule has 0 aliphatic carbocycles. The summed E-state index contributed by atoms with van der Waals surface area (Å²) < 4.78 is 5.68. The van der Waals surface area contributed by atoms with Gasteiger partial charge in [-0.15, -0.1) is 0 Å². The second kappa shape index (κ2) is 7.67. The van der Waals surface area contributed by atoms with Gasteiger partial charge < -0.3 is 15.4 Å². The number of nitrogens with one attached hydrogen (secondary N) is 2. The molecule has 0 saturated carbocycles. The Morgan fingerprint density at radius 2 is 2.11 bits per heavy atom. The van der Waals surface area contributed by atoms with Gasteiger partial charge in [0.25, 0.3) is 0 Å². The van der Waals surface area contributed by atoms with Crippen LogP contribution in [0.15, 0.2) is 29.3 Å². The van der Waals surface area contributed by atoms with E-state index in [0.717, 1.165) is 57.2 Å². The quantitative estimate of drug-likeness (QED) is 0.771. The average molecular weight is 261 g/mol. The lowest BCUT2D eigenvalue weighted by atomic mass is 10.2. The Hall–Kier alpha value is -1.71. The Bertz CT molecular complexity index is 400. The van der Waals surface area contributed by atoms with Crippen LogP contribution in [0.1, 0.15) is 24.8 Å². The number of benzene rings is 1. The first-order valence-corrected chi connectivity index (χ1v) is 7.06. The van der Waals surface area contributed by atoms with Crippen molar-refractivity contribution >= 4 is 5.96 Å². The van der Waals surface area contributed by atoms with Gasteiger partial charge in [-0.1, -0.05) is 17.7 Å². The number of hydrogen-bond acceptors (Lipinski definition) is 4. The Balaban J connectivity index is 1.52. The van der Waals surface area contributed by atoms with E-state index in [1.165, 1.54) is 5.56 Å². The van der Waals surface area contributed by atoms with E-state index in [1.54, 1.807) is 0 Å². The number of aliphatic imine (C=N–C) groups is 1. The Labute approximate surface area is 115 Å². The van der Waals surface area contributed by atoms with E-state index in [2.05, 4.69) is 34.7 Å². The molecule has 4 nitrogen and oxygen atoms in total. The van der Waals surface area contributed by atoms with Crippen molar-refractivity contribution in [2.24, 2.45) is 4.99 Å². The van der Waals surface area contributed by atoms with E-state index < -0.39 is 0 Å². The van der Waals surface area contributed by atoms with Crippen LogP contribution in [0, 0.1) is 6.92 Å².